The zero-order chi connectivity index (χ0) is 23.2. The summed E-state index contributed by atoms with van der Waals surface area (Å²) in [5, 5.41) is 15.4. The molecular formula is C28H26N2O3. The second-order valence-corrected chi connectivity index (χ2v) is 7.68. The standard InChI is InChI=1S/C28H26N2O3/c1-3-24-26(22-15-9-5-10-16-22)30(23-17-11-6-12-18-23)28(32)25(27(24)31)20(2)29-33-19-21-13-7-4-8-14-21/h4-18,31H,3,19H2,1-2H3. The number of aromatic nitrogens is 1. The molecule has 0 amide bonds. The Morgan fingerprint density at radius 3 is 2.09 bits per heavy atom. The van der Waals surface area contributed by atoms with E-state index in [-0.39, 0.29) is 23.5 Å². The van der Waals surface area contributed by atoms with Gasteiger partial charge >= 0.3 is 0 Å². The number of pyridine rings is 1. The van der Waals surface area contributed by atoms with Crippen molar-refractivity contribution < 1.29 is 9.94 Å². The van der Waals surface area contributed by atoms with Gasteiger partial charge in [0.05, 0.1) is 11.4 Å². The van der Waals surface area contributed by atoms with Gasteiger partial charge in [0.1, 0.15) is 17.9 Å². The first-order valence-corrected chi connectivity index (χ1v) is 10.9. The van der Waals surface area contributed by atoms with E-state index in [4.69, 9.17) is 4.84 Å². The smallest absolute Gasteiger partial charge is 0.268 e. The summed E-state index contributed by atoms with van der Waals surface area (Å²) >= 11 is 0. The third-order valence-electron chi connectivity index (χ3n) is 5.50. The summed E-state index contributed by atoms with van der Waals surface area (Å²) in [6, 6.07) is 28.8. The summed E-state index contributed by atoms with van der Waals surface area (Å²) in [6.07, 6.45) is 0.536. The van der Waals surface area contributed by atoms with Crippen LogP contribution in [0, 0.1) is 0 Å². The molecule has 0 aliphatic carbocycles. The first kappa shape index (κ1) is 22.1. The Bertz CT molecular complexity index is 1310. The van der Waals surface area contributed by atoms with Crippen LogP contribution < -0.4 is 5.56 Å². The van der Waals surface area contributed by atoms with Gasteiger partial charge in [0.15, 0.2) is 0 Å². The molecule has 4 aromatic rings. The molecule has 0 aliphatic rings. The molecule has 0 aliphatic heterocycles. The van der Waals surface area contributed by atoms with E-state index in [1.165, 1.54) is 0 Å². The van der Waals surface area contributed by atoms with Gasteiger partial charge in [0, 0.05) is 11.3 Å². The average molecular weight is 439 g/mol. The molecule has 0 atom stereocenters. The van der Waals surface area contributed by atoms with Gasteiger partial charge < -0.3 is 9.94 Å². The second kappa shape index (κ2) is 10.0. The molecule has 0 spiro atoms. The fourth-order valence-corrected chi connectivity index (χ4v) is 3.92. The maximum atomic E-state index is 13.8. The zero-order valence-corrected chi connectivity index (χ0v) is 18.7. The second-order valence-electron chi connectivity index (χ2n) is 7.68. The number of nitrogens with zero attached hydrogens (tertiary/aromatic N) is 2. The molecule has 0 bridgehead atoms. The molecule has 0 saturated heterocycles. The Morgan fingerprint density at radius 2 is 1.48 bits per heavy atom. The first-order chi connectivity index (χ1) is 16.1. The van der Waals surface area contributed by atoms with Crippen molar-refractivity contribution in [2.24, 2.45) is 5.16 Å². The molecule has 1 heterocycles. The van der Waals surface area contributed by atoms with Gasteiger partial charge in [0.2, 0.25) is 0 Å². The van der Waals surface area contributed by atoms with E-state index in [9.17, 15) is 9.90 Å². The number of hydrogen-bond donors (Lipinski definition) is 1. The summed E-state index contributed by atoms with van der Waals surface area (Å²) in [6.45, 7) is 3.91. The van der Waals surface area contributed by atoms with Crippen LogP contribution >= 0.6 is 0 Å². The zero-order valence-electron chi connectivity index (χ0n) is 18.7. The van der Waals surface area contributed by atoms with Crippen LogP contribution in [0.2, 0.25) is 0 Å². The van der Waals surface area contributed by atoms with Gasteiger partial charge in [-0.15, -0.1) is 0 Å². The van der Waals surface area contributed by atoms with E-state index >= 15 is 0 Å². The SMILES string of the molecule is CCc1c(O)c(C(C)=NOCc2ccccc2)c(=O)n(-c2ccccc2)c1-c1ccccc1. The van der Waals surface area contributed by atoms with Gasteiger partial charge in [-0.25, -0.2) is 0 Å². The summed E-state index contributed by atoms with van der Waals surface area (Å²) in [5.41, 5.74) is 4.01. The van der Waals surface area contributed by atoms with Gasteiger partial charge in [-0.2, -0.15) is 0 Å². The number of rotatable bonds is 7. The van der Waals surface area contributed by atoms with Crippen molar-refractivity contribution in [3.63, 3.8) is 0 Å². The fourth-order valence-electron chi connectivity index (χ4n) is 3.92. The van der Waals surface area contributed by atoms with Crippen LogP contribution in [0.25, 0.3) is 16.9 Å². The highest BCUT2D eigenvalue weighted by molar-refractivity contribution is 6.01. The fraction of sp³-hybridized carbons (Fsp3) is 0.143. The average Bonchev–Trinajstić information content (AvgIpc) is 2.85. The van der Waals surface area contributed by atoms with Crippen LogP contribution in [0.15, 0.2) is 101 Å². The quantitative estimate of drug-likeness (QED) is 0.297. The highest BCUT2D eigenvalue weighted by Crippen LogP contribution is 2.33. The summed E-state index contributed by atoms with van der Waals surface area (Å²) < 4.78 is 1.65. The van der Waals surface area contributed by atoms with Crippen LogP contribution in [0.3, 0.4) is 0 Å². The number of oxime groups is 1. The molecule has 0 radical (unpaired) electrons. The minimum Gasteiger partial charge on any atom is -0.507 e. The van der Waals surface area contributed by atoms with Crippen molar-refractivity contribution in [1.82, 2.24) is 4.57 Å². The molecule has 1 aromatic heterocycles. The molecule has 5 nitrogen and oxygen atoms in total. The third-order valence-corrected chi connectivity index (χ3v) is 5.50. The Kier molecular flexibility index (Phi) is 6.69. The normalized spacial score (nSPS) is 11.4. The summed E-state index contributed by atoms with van der Waals surface area (Å²) in [7, 11) is 0. The molecular weight excluding hydrogens is 412 g/mol. The molecule has 5 heteroatoms. The van der Waals surface area contributed by atoms with Crippen LogP contribution in [0.4, 0.5) is 0 Å². The molecule has 166 valence electrons. The Balaban J connectivity index is 1.89. The van der Waals surface area contributed by atoms with Gasteiger partial charge in [-0.1, -0.05) is 90.9 Å². The van der Waals surface area contributed by atoms with Crippen LogP contribution in [-0.4, -0.2) is 15.4 Å². The Morgan fingerprint density at radius 1 is 0.909 bits per heavy atom. The lowest BCUT2D eigenvalue weighted by atomic mass is 9.98. The highest BCUT2D eigenvalue weighted by atomic mass is 16.6. The van der Waals surface area contributed by atoms with E-state index in [0.29, 0.717) is 23.4 Å². The number of aromatic hydroxyl groups is 1. The lowest BCUT2D eigenvalue weighted by molar-refractivity contribution is 0.130. The molecule has 0 fully saturated rings. The Labute approximate surface area is 193 Å². The van der Waals surface area contributed by atoms with E-state index in [1.807, 2.05) is 97.9 Å². The van der Waals surface area contributed by atoms with Gasteiger partial charge in [0.25, 0.3) is 5.56 Å². The van der Waals surface area contributed by atoms with E-state index < -0.39 is 0 Å². The van der Waals surface area contributed by atoms with E-state index in [1.54, 1.807) is 11.5 Å². The van der Waals surface area contributed by atoms with E-state index in [2.05, 4.69) is 5.16 Å². The van der Waals surface area contributed by atoms with Crippen molar-refractivity contribution in [1.29, 1.82) is 0 Å². The first-order valence-electron chi connectivity index (χ1n) is 10.9. The maximum absolute atomic E-state index is 13.8. The summed E-state index contributed by atoms with van der Waals surface area (Å²) in [4.78, 5) is 19.3. The largest absolute Gasteiger partial charge is 0.507 e. The van der Waals surface area contributed by atoms with Crippen LogP contribution in [0.5, 0.6) is 5.75 Å². The van der Waals surface area contributed by atoms with E-state index in [0.717, 1.165) is 16.8 Å². The number of hydrogen-bond acceptors (Lipinski definition) is 4. The topological polar surface area (TPSA) is 63.8 Å². The predicted molar refractivity (Wildman–Crippen MR) is 132 cm³/mol. The summed E-state index contributed by atoms with van der Waals surface area (Å²) in [5.74, 6) is -0.0573. The van der Waals surface area contributed by atoms with Crippen molar-refractivity contribution in [2.45, 2.75) is 26.9 Å². The third kappa shape index (κ3) is 4.58. The molecule has 1 N–H and O–H groups in total. The van der Waals surface area contributed by atoms with Gasteiger partial charge in [-0.3, -0.25) is 9.36 Å². The predicted octanol–water partition coefficient (Wildman–Crippen LogP) is 5.71. The lowest BCUT2D eigenvalue weighted by Gasteiger charge is -2.20. The lowest BCUT2D eigenvalue weighted by Crippen LogP contribution is -2.28. The van der Waals surface area contributed by atoms with Crippen molar-refractivity contribution in [2.75, 3.05) is 0 Å². The molecule has 0 saturated carbocycles. The molecule has 3 aromatic carbocycles. The van der Waals surface area contributed by atoms with Crippen molar-refractivity contribution >= 4 is 5.71 Å². The molecule has 33 heavy (non-hydrogen) atoms. The number of benzene rings is 3. The monoisotopic (exact) mass is 438 g/mol. The highest BCUT2D eigenvalue weighted by Gasteiger charge is 2.24. The minimum atomic E-state index is -0.348. The molecule has 4 rings (SSSR count). The molecule has 0 unspecified atom stereocenters. The van der Waals surface area contributed by atoms with Crippen LogP contribution in [0.1, 0.15) is 30.5 Å². The van der Waals surface area contributed by atoms with Gasteiger partial charge in [-0.05, 0) is 36.6 Å². The minimum absolute atomic E-state index is 0.0573. The van der Waals surface area contributed by atoms with Crippen molar-refractivity contribution in [3.8, 4) is 22.7 Å². The maximum Gasteiger partial charge on any atom is 0.268 e. The van der Waals surface area contributed by atoms with Crippen molar-refractivity contribution in [3.05, 3.63) is 118 Å². The Hall–Kier alpha value is -4.12. The number of para-hydroxylation sites is 1. The van der Waals surface area contributed by atoms with Crippen LogP contribution in [-0.2, 0) is 17.9 Å².